The molecule has 23 heavy (non-hydrogen) atoms. The topological polar surface area (TPSA) is 36.0 Å². The number of likely N-dealkylation sites (N-methyl/N-ethyl adjacent to an activating group) is 1. The summed E-state index contributed by atoms with van der Waals surface area (Å²) in [5.41, 5.74) is 1.28. The number of methoxy groups -OCH3 is 1. The molecule has 0 bridgehead atoms. The van der Waals surface area contributed by atoms with Gasteiger partial charge in [-0.15, -0.1) is 0 Å². The van der Waals surface area contributed by atoms with E-state index in [1.165, 1.54) is 5.56 Å². The Morgan fingerprint density at radius 2 is 1.83 bits per heavy atom. The molecule has 2 aliphatic rings. The van der Waals surface area contributed by atoms with Crippen LogP contribution < -0.4 is 4.74 Å². The van der Waals surface area contributed by atoms with Gasteiger partial charge in [0, 0.05) is 38.8 Å². The molecule has 1 unspecified atom stereocenters. The largest absolute Gasteiger partial charge is 0.497 e. The van der Waals surface area contributed by atoms with E-state index in [1.807, 2.05) is 17.0 Å². The lowest BCUT2D eigenvalue weighted by Gasteiger charge is -2.39. The lowest BCUT2D eigenvalue weighted by atomic mass is 10.0. The van der Waals surface area contributed by atoms with Crippen molar-refractivity contribution in [1.82, 2.24) is 14.7 Å². The van der Waals surface area contributed by atoms with E-state index >= 15 is 0 Å². The number of carbonyl (C=O) groups excluding carboxylic acids is 1. The molecule has 2 aliphatic heterocycles. The molecule has 0 spiro atoms. The van der Waals surface area contributed by atoms with Gasteiger partial charge in [-0.25, -0.2) is 0 Å². The maximum Gasteiger partial charge on any atom is 0.236 e. The molecular formula is C18H27N3O2. The molecule has 0 N–H and O–H groups in total. The number of nitrogens with zero attached hydrogens (tertiary/aromatic N) is 3. The highest BCUT2D eigenvalue weighted by Crippen LogP contribution is 2.25. The lowest BCUT2D eigenvalue weighted by molar-refractivity contribution is -0.132. The number of rotatable bonds is 4. The Balaban J connectivity index is 1.62. The van der Waals surface area contributed by atoms with Gasteiger partial charge in [0.1, 0.15) is 5.75 Å². The van der Waals surface area contributed by atoms with Crippen LogP contribution in [0.15, 0.2) is 24.3 Å². The van der Waals surface area contributed by atoms with E-state index in [0.29, 0.717) is 18.5 Å². The average Bonchev–Trinajstić information content (AvgIpc) is 3.11. The predicted molar refractivity (Wildman–Crippen MR) is 90.6 cm³/mol. The van der Waals surface area contributed by atoms with Crippen molar-refractivity contribution in [3.05, 3.63) is 29.8 Å². The van der Waals surface area contributed by atoms with Crippen molar-refractivity contribution < 1.29 is 9.53 Å². The zero-order chi connectivity index (χ0) is 16.2. The van der Waals surface area contributed by atoms with E-state index in [1.54, 1.807) is 7.11 Å². The van der Waals surface area contributed by atoms with E-state index < -0.39 is 0 Å². The van der Waals surface area contributed by atoms with Gasteiger partial charge in [-0.3, -0.25) is 14.6 Å². The first kappa shape index (κ1) is 16.3. The Labute approximate surface area is 138 Å². The zero-order valence-corrected chi connectivity index (χ0v) is 14.2. The monoisotopic (exact) mass is 317 g/mol. The molecule has 5 heteroatoms. The summed E-state index contributed by atoms with van der Waals surface area (Å²) in [7, 11) is 3.85. The van der Waals surface area contributed by atoms with Crippen LogP contribution in [0.3, 0.4) is 0 Å². The second-order valence-corrected chi connectivity index (χ2v) is 6.59. The Morgan fingerprint density at radius 3 is 2.48 bits per heavy atom. The van der Waals surface area contributed by atoms with Crippen LogP contribution in [0, 0.1) is 0 Å². The number of piperazine rings is 1. The smallest absolute Gasteiger partial charge is 0.236 e. The number of ether oxygens (including phenoxy) is 1. The van der Waals surface area contributed by atoms with Gasteiger partial charge in [0.2, 0.25) is 5.91 Å². The molecule has 0 radical (unpaired) electrons. The van der Waals surface area contributed by atoms with Gasteiger partial charge < -0.3 is 9.64 Å². The molecule has 0 saturated carbocycles. The maximum absolute atomic E-state index is 12.4. The molecule has 1 amide bonds. The maximum atomic E-state index is 12.4. The fraction of sp³-hybridized carbons (Fsp3) is 0.611. The minimum atomic E-state index is 0.292. The van der Waals surface area contributed by atoms with Crippen molar-refractivity contribution in [3.8, 4) is 5.75 Å². The van der Waals surface area contributed by atoms with Gasteiger partial charge in [0.15, 0.2) is 0 Å². The average molecular weight is 317 g/mol. The number of hydrogen-bond acceptors (Lipinski definition) is 4. The van der Waals surface area contributed by atoms with E-state index in [2.05, 4.69) is 29.0 Å². The Kier molecular flexibility index (Phi) is 5.18. The second kappa shape index (κ2) is 7.32. The highest BCUT2D eigenvalue weighted by Gasteiger charge is 2.28. The fourth-order valence-electron chi connectivity index (χ4n) is 3.52. The summed E-state index contributed by atoms with van der Waals surface area (Å²) in [5.74, 6) is 1.17. The first-order valence-corrected chi connectivity index (χ1v) is 8.51. The number of hydrogen-bond donors (Lipinski definition) is 0. The second-order valence-electron chi connectivity index (χ2n) is 6.59. The molecule has 1 atom stereocenters. The number of likely N-dealkylation sites (tertiary alicyclic amines) is 1. The fourth-order valence-corrected chi connectivity index (χ4v) is 3.52. The third kappa shape index (κ3) is 3.85. The van der Waals surface area contributed by atoms with Crippen molar-refractivity contribution in [2.45, 2.75) is 18.9 Å². The van der Waals surface area contributed by atoms with Crippen LogP contribution in [-0.4, -0.2) is 74.0 Å². The molecule has 0 aliphatic carbocycles. The number of benzene rings is 1. The normalized spacial score (nSPS) is 23.2. The van der Waals surface area contributed by atoms with Gasteiger partial charge in [-0.2, -0.15) is 0 Å². The summed E-state index contributed by atoms with van der Waals surface area (Å²) >= 11 is 0. The predicted octanol–water partition coefficient (Wildman–Crippen LogP) is 1.61. The van der Waals surface area contributed by atoms with E-state index in [4.69, 9.17) is 4.74 Å². The van der Waals surface area contributed by atoms with Gasteiger partial charge in [0.25, 0.3) is 0 Å². The van der Waals surface area contributed by atoms with Crippen molar-refractivity contribution in [1.29, 1.82) is 0 Å². The molecule has 2 fully saturated rings. The molecule has 3 rings (SSSR count). The first-order chi connectivity index (χ1) is 11.2. The zero-order valence-electron chi connectivity index (χ0n) is 14.2. The third-order valence-electron chi connectivity index (χ3n) is 5.05. The summed E-state index contributed by atoms with van der Waals surface area (Å²) in [4.78, 5) is 19.1. The van der Waals surface area contributed by atoms with Gasteiger partial charge in [-0.1, -0.05) is 12.1 Å². The van der Waals surface area contributed by atoms with Crippen LogP contribution in [0.25, 0.3) is 0 Å². The SMILES string of the molecule is COc1ccc(C2CN(CC(=O)N3CCCC3)CCN2C)cc1. The molecule has 2 saturated heterocycles. The molecule has 2 heterocycles. The molecule has 5 nitrogen and oxygen atoms in total. The quantitative estimate of drug-likeness (QED) is 0.845. The summed E-state index contributed by atoms with van der Waals surface area (Å²) in [6.07, 6.45) is 2.31. The standard InChI is InChI=1S/C18H27N3O2/c1-19-11-12-20(14-18(22)21-9-3-4-10-21)13-17(19)15-5-7-16(23-2)8-6-15/h5-8,17H,3-4,9-14H2,1-2H3. The Morgan fingerprint density at radius 1 is 1.13 bits per heavy atom. The van der Waals surface area contributed by atoms with Gasteiger partial charge in [0.05, 0.1) is 13.7 Å². The van der Waals surface area contributed by atoms with Crippen molar-refractivity contribution >= 4 is 5.91 Å². The van der Waals surface area contributed by atoms with Crippen molar-refractivity contribution in [3.63, 3.8) is 0 Å². The summed E-state index contributed by atoms with van der Waals surface area (Å²) in [6, 6.07) is 8.62. The summed E-state index contributed by atoms with van der Waals surface area (Å²) < 4.78 is 5.24. The Bertz CT molecular complexity index is 526. The van der Waals surface area contributed by atoms with E-state index in [0.717, 1.165) is 51.3 Å². The minimum absolute atomic E-state index is 0.292. The van der Waals surface area contributed by atoms with Crippen molar-refractivity contribution in [2.24, 2.45) is 0 Å². The molecule has 0 aromatic heterocycles. The van der Waals surface area contributed by atoms with E-state index in [-0.39, 0.29) is 0 Å². The van der Waals surface area contributed by atoms with Crippen molar-refractivity contribution in [2.75, 3.05) is 53.4 Å². The lowest BCUT2D eigenvalue weighted by Crippen LogP contribution is -2.50. The highest BCUT2D eigenvalue weighted by atomic mass is 16.5. The Hall–Kier alpha value is -1.59. The summed E-state index contributed by atoms with van der Waals surface area (Å²) in [5, 5.41) is 0. The molecule has 1 aromatic carbocycles. The van der Waals surface area contributed by atoms with Crippen LogP contribution >= 0.6 is 0 Å². The van der Waals surface area contributed by atoms with Crippen LogP contribution in [0.2, 0.25) is 0 Å². The van der Waals surface area contributed by atoms with Gasteiger partial charge >= 0.3 is 0 Å². The van der Waals surface area contributed by atoms with Gasteiger partial charge in [-0.05, 0) is 37.6 Å². The number of amides is 1. The molecular weight excluding hydrogens is 290 g/mol. The van der Waals surface area contributed by atoms with E-state index in [9.17, 15) is 4.79 Å². The highest BCUT2D eigenvalue weighted by molar-refractivity contribution is 5.78. The first-order valence-electron chi connectivity index (χ1n) is 8.51. The molecule has 126 valence electrons. The van der Waals surface area contributed by atoms with Crippen LogP contribution in [0.4, 0.5) is 0 Å². The minimum Gasteiger partial charge on any atom is -0.497 e. The van der Waals surface area contributed by atoms with Crippen LogP contribution in [0.5, 0.6) is 5.75 Å². The third-order valence-corrected chi connectivity index (χ3v) is 5.05. The van der Waals surface area contributed by atoms with Crippen LogP contribution in [0.1, 0.15) is 24.4 Å². The number of carbonyl (C=O) groups is 1. The van der Waals surface area contributed by atoms with Crippen LogP contribution in [-0.2, 0) is 4.79 Å². The molecule has 1 aromatic rings. The summed E-state index contributed by atoms with van der Waals surface area (Å²) in [6.45, 7) is 5.29.